The number of nitrogens with zero attached hydrogens (tertiary/aromatic N) is 5. The molecular weight excluding hydrogens is 286 g/mol. The normalized spacial score (nSPS) is 18.5. The molecule has 6 nitrogen and oxygen atoms in total. The van der Waals surface area contributed by atoms with E-state index in [0.29, 0.717) is 6.54 Å². The van der Waals surface area contributed by atoms with Crippen LogP contribution in [0.4, 0.5) is 0 Å². The molecule has 3 rings (SSSR count). The molecule has 0 saturated carbocycles. The zero-order valence-corrected chi connectivity index (χ0v) is 13.3. The van der Waals surface area contributed by atoms with Gasteiger partial charge in [-0.2, -0.15) is 0 Å². The number of hydrogen-bond donors (Lipinski definition) is 0. The highest BCUT2D eigenvalue weighted by Gasteiger charge is 2.31. The number of aromatic nitrogens is 3. The van der Waals surface area contributed by atoms with Crippen LogP contribution in [0.2, 0.25) is 0 Å². The topological polar surface area (TPSA) is 54.3 Å². The van der Waals surface area contributed by atoms with Crippen LogP contribution < -0.4 is 0 Å². The maximum atomic E-state index is 12.4. The molecule has 3 heterocycles. The van der Waals surface area contributed by atoms with Crippen molar-refractivity contribution in [3.63, 3.8) is 0 Å². The van der Waals surface area contributed by atoms with Crippen molar-refractivity contribution in [3.8, 4) is 0 Å². The summed E-state index contributed by atoms with van der Waals surface area (Å²) in [7, 11) is 3.59. The Labute approximate surface area is 128 Å². The smallest absolute Gasteiger partial charge is 0.246 e. The molecule has 7 heteroatoms. The molecule has 1 aliphatic heterocycles. The van der Waals surface area contributed by atoms with E-state index in [4.69, 9.17) is 0 Å². The largest absolute Gasteiger partial charge is 0.347 e. The summed E-state index contributed by atoms with van der Waals surface area (Å²) in [5.41, 5.74) is 4.04. The summed E-state index contributed by atoms with van der Waals surface area (Å²) in [6.45, 7) is 4.38. The molecule has 0 fully saturated rings. The maximum absolute atomic E-state index is 12.4. The first kappa shape index (κ1) is 14.2. The van der Waals surface area contributed by atoms with E-state index in [-0.39, 0.29) is 11.9 Å². The van der Waals surface area contributed by atoms with E-state index in [1.54, 1.807) is 36.7 Å². The molecule has 1 aliphatic rings. The van der Waals surface area contributed by atoms with Gasteiger partial charge in [0.2, 0.25) is 5.91 Å². The van der Waals surface area contributed by atoms with Crippen LogP contribution in [0.15, 0.2) is 18.0 Å². The molecule has 1 unspecified atom stereocenters. The lowest BCUT2D eigenvalue weighted by atomic mass is 10.1. The summed E-state index contributed by atoms with van der Waals surface area (Å²) < 4.78 is 2.00. The number of imidazole rings is 1. The lowest BCUT2D eigenvalue weighted by Crippen LogP contribution is -2.43. The Morgan fingerprint density at radius 3 is 3.00 bits per heavy atom. The Balaban J connectivity index is 1.83. The Morgan fingerprint density at radius 1 is 1.52 bits per heavy atom. The second-order valence-electron chi connectivity index (χ2n) is 5.57. The van der Waals surface area contributed by atoms with Crippen molar-refractivity contribution in [1.29, 1.82) is 0 Å². The van der Waals surface area contributed by atoms with Crippen molar-refractivity contribution in [2.45, 2.75) is 26.1 Å². The van der Waals surface area contributed by atoms with Crippen molar-refractivity contribution in [2.75, 3.05) is 20.6 Å². The quantitative estimate of drug-likeness (QED) is 0.857. The molecule has 0 aromatic carbocycles. The third kappa shape index (κ3) is 2.71. The van der Waals surface area contributed by atoms with Crippen LogP contribution in [0.3, 0.4) is 0 Å². The van der Waals surface area contributed by atoms with E-state index in [2.05, 4.69) is 14.9 Å². The summed E-state index contributed by atoms with van der Waals surface area (Å²) in [4.78, 5) is 26.1. The van der Waals surface area contributed by atoms with Crippen LogP contribution in [0, 0.1) is 6.92 Å². The Bertz CT molecular complexity index is 647. The molecular formula is C14H19N5OS. The van der Waals surface area contributed by atoms with Crippen LogP contribution in [-0.2, 0) is 17.9 Å². The van der Waals surface area contributed by atoms with Gasteiger partial charge in [0, 0.05) is 44.8 Å². The molecule has 2 aromatic rings. The number of thiazole rings is 1. The van der Waals surface area contributed by atoms with E-state index in [1.807, 2.05) is 23.2 Å². The summed E-state index contributed by atoms with van der Waals surface area (Å²) in [5, 5.41) is 0. The zero-order chi connectivity index (χ0) is 15.0. The molecule has 0 N–H and O–H groups in total. The number of carbonyl (C=O) groups excluding carboxylic acids is 1. The molecule has 112 valence electrons. The predicted octanol–water partition coefficient (Wildman–Crippen LogP) is 1.29. The van der Waals surface area contributed by atoms with Crippen molar-refractivity contribution in [3.05, 3.63) is 34.3 Å². The summed E-state index contributed by atoms with van der Waals surface area (Å²) in [5.74, 6) is 0.111. The fourth-order valence-electron chi connectivity index (χ4n) is 2.66. The molecule has 0 radical (unpaired) electrons. The lowest BCUT2D eigenvalue weighted by Gasteiger charge is -2.34. The first-order valence-electron chi connectivity index (χ1n) is 6.89. The Morgan fingerprint density at radius 2 is 2.33 bits per heavy atom. The van der Waals surface area contributed by atoms with Crippen LogP contribution >= 0.6 is 11.3 Å². The minimum absolute atomic E-state index is 0.111. The minimum atomic E-state index is -0.195. The second-order valence-corrected chi connectivity index (χ2v) is 6.51. The average Bonchev–Trinajstić information content (AvgIpc) is 3.06. The van der Waals surface area contributed by atoms with E-state index < -0.39 is 0 Å². The zero-order valence-electron chi connectivity index (χ0n) is 12.5. The molecule has 0 spiro atoms. The third-order valence-corrected chi connectivity index (χ3v) is 4.76. The average molecular weight is 305 g/mol. The van der Waals surface area contributed by atoms with Gasteiger partial charge < -0.3 is 9.47 Å². The van der Waals surface area contributed by atoms with Crippen molar-refractivity contribution in [2.24, 2.45) is 0 Å². The van der Waals surface area contributed by atoms with Crippen molar-refractivity contribution in [1.82, 2.24) is 24.3 Å². The fraction of sp³-hybridized carbons (Fsp3) is 0.500. The SMILES string of the molecule is Cc1ncsc1CN1Cc2cncn2C(C(=O)N(C)C)C1. The monoisotopic (exact) mass is 305 g/mol. The Kier molecular flexibility index (Phi) is 3.77. The van der Waals surface area contributed by atoms with E-state index >= 15 is 0 Å². The number of fused-ring (bicyclic) bond motifs is 1. The van der Waals surface area contributed by atoms with Gasteiger partial charge >= 0.3 is 0 Å². The van der Waals surface area contributed by atoms with Gasteiger partial charge in [0.1, 0.15) is 6.04 Å². The van der Waals surface area contributed by atoms with Gasteiger partial charge in [-0.05, 0) is 6.92 Å². The minimum Gasteiger partial charge on any atom is -0.347 e. The number of likely N-dealkylation sites (N-methyl/N-ethyl adjacent to an activating group) is 1. The molecule has 0 aliphatic carbocycles. The van der Waals surface area contributed by atoms with E-state index in [1.165, 1.54) is 4.88 Å². The van der Waals surface area contributed by atoms with Crippen molar-refractivity contribution < 1.29 is 4.79 Å². The van der Waals surface area contributed by atoms with Gasteiger partial charge in [0.25, 0.3) is 0 Å². The molecule has 1 atom stereocenters. The number of aryl methyl sites for hydroxylation is 1. The molecule has 2 aromatic heterocycles. The highest BCUT2D eigenvalue weighted by molar-refractivity contribution is 7.09. The number of amides is 1. The highest BCUT2D eigenvalue weighted by atomic mass is 32.1. The predicted molar refractivity (Wildman–Crippen MR) is 80.9 cm³/mol. The standard InChI is InChI=1S/C14H19N5OS/c1-10-13(21-9-16-10)7-18-5-11-4-15-8-19(11)12(6-18)14(20)17(2)3/h4,8-9,12H,5-7H2,1-3H3. The lowest BCUT2D eigenvalue weighted by molar-refractivity contribution is -0.133. The van der Waals surface area contributed by atoms with Crippen molar-refractivity contribution >= 4 is 17.2 Å². The van der Waals surface area contributed by atoms with E-state index in [9.17, 15) is 4.79 Å². The second kappa shape index (κ2) is 5.57. The molecule has 0 saturated heterocycles. The number of rotatable bonds is 3. The van der Waals surface area contributed by atoms with Crippen LogP contribution in [-0.4, -0.2) is 50.9 Å². The van der Waals surface area contributed by atoms with Crippen LogP contribution in [0.1, 0.15) is 22.3 Å². The first-order valence-corrected chi connectivity index (χ1v) is 7.77. The first-order chi connectivity index (χ1) is 10.1. The highest BCUT2D eigenvalue weighted by Crippen LogP contribution is 2.25. The van der Waals surface area contributed by atoms with Gasteiger partial charge in [0.15, 0.2) is 0 Å². The van der Waals surface area contributed by atoms with Crippen LogP contribution in [0.25, 0.3) is 0 Å². The van der Waals surface area contributed by atoms with E-state index in [0.717, 1.165) is 24.5 Å². The van der Waals surface area contributed by atoms with Gasteiger partial charge in [0.05, 0.1) is 23.2 Å². The summed E-state index contributed by atoms with van der Waals surface area (Å²) in [6, 6.07) is -0.195. The molecule has 1 amide bonds. The summed E-state index contributed by atoms with van der Waals surface area (Å²) in [6.07, 6.45) is 3.61. The van der Waals surface area contributed by atoms with Gasteiger partial charge in [-0.1, -0.05) is 0 Å². The third-order valence-electron chi connectivity index (χ3n) is 3.84. The van der Waals surface area contributed by atoms with Gasteiger partial charge in [-0.15, -0.1) is 11.3 Å². The maximum Gasteiger partial charge on any atom is 0.246 e. The van der Waals surface area contributed by atoms with Gasteiger partial charge in [-0.25, -0.2) is 9.97 Å². The summed E-state index contributed by atoms with van der Waals surface area (Å²) >= 11 is 1.67. The number of hydrogen-bond acceptors (Lipinski definition) is 5. The number of carbonyl (C=O) groups is 1. The molecule has 21 heavy (non-hydrogen) atoms. The van der Waals surface area contributed by atoms with Gasteiger partial charge in [-0.3, -0.25) is 9.69 Å². The fourth-order valence-corrected chi connectivity index (χ4v) is 3.48. The molecule has 0 bridgehead atoms. The Hall–Kier alpha value is -1.73. The van der Waals surface area contributed by atoms with Crippen LogP contribution in [0.5, 0.6) is 0 Å².